The third-order valence-electron chi connectivity index (χ3n) is 3.38. The van der Waals surface area contributed by atoms with E-state index in [0.717, 1.165) is 32.6 Å². The van der Waals surface area contributed by atoms with E-state index in [9.17, 15) is 9.18 Å². The van der Waals surface area contributed by atoms with E-state index < -0.39 is 0 Å². The van der Waals surface area contributed by atoms with Crippen LogP contribution in [-0.2, 0) is 10.5 Å². The summed E-state index contributed by atoms with van der Waals surface area (Å²) in [4.78, 5) is 17.6. The van der Waals surface area contributed by atoms with Crippen molar-refractivity contribution in [2.24, 2.45) is 0 Å². The summed E-state index contributed by atoms with van der Waals surface area (Å²) in [7, 11) is 0. The normalized spacial score (nSPS) is 12.2. The van der Waals surface area contributed by atoms with E-state index in [1.165, 1.54) is 12.1 Å². The second-order valence-electron chi connectivity index (χ2n) is 5.39. The minimum Gasteiger partial charge on any atom is -0.348 e. The number of hydrogen-bond donors (Lipinski definition) is 1. The van der Waals surface area contributed by atoms with Gasteiger partial charge in [0.25, 0.3) is 0 Å². The van der Waals surface area contributed by atoms with E-state index in [4.69, 9.17) is 0 Å². The van der Waals surface area contributed by atoms with Crippen LogP contribution in [0.2, 0.25) is 0 Å². The molecule has 23 heavy (non-hydrogen) atoms. The van der Waals surface area contributed by atoms with Crippen LogP contribution in [0.25, 0.3) is 0 Å². The Labute approximate surface area is 144 Å². The minimum absolute atomic E-state index is 0.0363. The summed E-state index contributed by atoms with van der Waals surface area (Å²) in [6.07, 6.45) is 0.471. The maximum Gasteiger partial charge on any atom is 0.221 e. The standard InChI is InChI=1S/C17H21FN2OS2/c1-11(17-12(2)23-13(3)20-17)19-16(21)8-9-22-10-14-4-6-15(18)7-5-14/h4-7,11H,8-10H2,1-3H3,(H,19,21). The Morgan fingerprint density at radius 1 is 1.35 bits per heavy atom. The molecule has 0 fully saturated rings. The lowest BCUT2D eigenvalue weighted by Crippen LogP contribution is -2.27. The predicted molar refractivity (Wildman–Crippen MR) is 95.3 cm³/mol. The Kier molecular flexibility index (Phi) is 6.59. The van der Waals surface area contributed by atoms with Crippen LogP contribution in [0.1, 0.15) is 40.5 Å². The zero-order valence-electron chi connectivity index (χ0n) is 13.6. The molecule has 0 saturated carbocycles. The van der Waals surface area contributed by atoms with Crippen molar-refractivity contribution >= 4 is 29.0 Å². The number of aryl methyl sites for hydroxylation is 2. The number of hydrogen-bond acceptors (Lipinski definition) is 4. The van der Waals surface area contributed by atoms with E-state index in [2.05, 4.69) is 10.3 Å². The Morgan fingerprint density at radius 2 is 2.04 bits per heavy atom. The van der Waals surface area contributed by atoms with E-state index in [0.29, 0.717) is 6.42 Å². The molecule has 1 N–H and O–H groups in total. The summed E-state index contributed by atoms with van der Waals surface area (Å²) >= 11 is 3.33. The lowest BCUT2D eigenvalue weighted by atomic mass is 10.2. The summed E-state index contributed by atoms with van der Waals surface area (Å²) in [5.41, 5.74) is 2.03. The molecule has 0 saturated heterocycles. The average Bonchev–Trinajstić information content (AvgIpc) is 2.84. The molecule has 1 heterocycles. The second-order valence-corrected chi connectivity index (χ2v) is 7.91. The molecule has 0 spiro atoms. The lowest BCUT2D eigenvalue weighted by molar-refractivity contribution is -0.121. The molecule has 1 atom stereocenters. The van der Waals surface area contributed by atoms with E-state index in [-0.39, 0.29) is 17.8 Å². The quantitative estimate of drug-likeness (QED) is 0.751. The highest BCUT2D eigenvalue weighted by molar-refractivity contribution is 7.98. The van der Waals surface area contributed by atoms with Gasteiger partial charge in [0.05, 0.1) is 16.7 Å². The molecule has 0 radical (unpaired) electrons. The zero-order chi connectivity index (χ0) is 16.8. The summed E-state index contributed by atoms with van der Waals surface area (Å²) in [5, 5.41) is 4.02. The van der Waals surface area contributed by atoms with Crippen LogP contribution in [0, 0.1) is 19.7 Å². The van der Waals surface area contributed by atoms with Crippen molar-refractivity contribution in [2.45, 2.75) is 39.0 Å². The molecule has 2 aromatic rings. The van der Waals surface area contributed by atoms with Gasteiger partial charge in [-0.1, -0.05) is 12.1 Å². The van der Waals surface area contributed by atoms with Crippen molar-refractivity contribution < 1.29 is 9.18 Å². The monoisotopic (exact) mass is 352 g/mol. The highest BCUT2D eigenvalue weighted by Crippen LogP contribution is 2.22. The van der Waals surface area contributed by atoms with Crippen molar-refractivity contribution in [3.63, 3.8) is 0 Å². The van der Waals surface area contributed by atoms with Gasteiger partial charge >= 0.3 is 0 Å². The van der Waals surface area contributed by atoms with Crippen LogP contribution in [0.4, 0.5) is 4.39 Å². The smallest absolute Gasteiger partial charge is 0.221 e. The molecule has 1 aromatic carbocycles. The number of halogens is 1. The maximum absolute atomic E-state index is 12.8. The van der Waals surface area contributed by atoms with Crippen LogP contribution in [0.15, 0.2) is 24.3 Å². The van der Waals surface area contributed by atoms with Gasteiger partial charge in [-0.15, -0.1) is 11.3 Å². The Hall–Kier alpha value is -1.40. The van der Waals surface area contributed by atoms with Crippen LogP contribution in [0.3, 0.4) is 0 Å². The molecular formula is C17H21FN2OS2. The first-order valence-electron chi connectivity index (χ1n) is 7.51. The zero-order valence-corrected chi connectivity index (χ0v) is 15.2. The molecule has 0 aliphatic rings. The van der Waals surface area contributed by atoms with Crippen molar-refractivity contribution in [1.82, 2.24) is 10.3 Å². The highest BCUT2D eigenvalue weighted by Gasteiger charge is 2.15. The van der Waals surface area contributed by atoms with E-state index in [1.807, 2.05) is 20.8 Å². The van der Waals surface area contributed by atoms with Gasteiger partial charge < -0.3 is 5.32 Å². The number of carbonyl (C=O) groups excluding carboxylic acids is 1. The average molecular weight is 352 g/mol. The van der Waals surface area contributed by atoms with Gasteiger partial charge in [0.15, 0.2) is 0 Å². The van der Waals surface area contributed by atoms with Gasteiger partial charge in [0.1, 0.15) is 5.82 Å². The van der Waals surface area contributed by atoms with Crippen molar-refractivity contribution in [3.05, 3.63) is 51.2 Å². The summed E-state index contributed by atoms with van der Waals surface area (Å²) in [6, 6.07) is 6.41. The second kappa shape index (κ2) is 8.45. The summed E-state index contributed by atoms with van der Waals surface area (Å²) < 4.78 is 12.8. The van der Waals surface area contributed by atoms with E-state index in [1.54, 1.807) is 35.2 Å². The number of amides is 1. The van der Waals surface area contributed by atoms with Crippen molar-refractivity contribution in [2.75, 3.05) is 5.75 Å². The molecule has 1 aromatic heterocycles. The largest absolute Gasteiger partial charge is 0.348 e. The fraction of sp³-hybridized carbons (Fsp3) is 0.412. The predicted octanol–water partition coefficient (Wildman–Crippen LogP) is 4.40. The number of carbonyl (C=O) groups is 1. The molecule has 3 nitrogen and oxygen atoms in total. The summed E-state index contributed by atoms with van der Waals surface area (Å²) in [6.45, 7) is 5.97. The number of nitrogens with one attached hydrogen (secondary N) is 1. The third kappa shape index (κ3) is 5.62. The molecule has 0 aliphatic carbocycles. The van der Waals surface area contributed by atoms with Gasteiger partial charge in [-0.05, 0) is 38.5 Å². The fourth-order valence-electron chi connectivity index (χ4n) is 2.26. The van der Waals surface area contributed by atoms with Crippen LogP contribution < -0.4 is 5.32 Å². The van der Waals surface area contributed by atoms with Crippen molar-refractivity contribution in [3.8, 4) is 0 Å². The lowest BCUT2D eigenvalue weighted by Gasteiger charge is -2.12. The van der Waals surface area contributed by atoms with Gasteiger partial charge in [0, 0.05) is 22.8 Å². The molecule has 0 aliphatic heterocycles. The SMILES string of the molecule is Cc1nc(C(C)NC(=O)CCSCc2ccc(F)cc2)c(C)s1. The van der Waals surface area contributed by atoms with E-state index >= 15 is 0 Å². The van der Waals surface area contributed by atoms with Gasteiger partial charge in [-0.2, -0.15) is 11.8 Å². The first-order valence-corrected chi connectivity index (χ1v) is 9.48. The van der Waals surface area contributed by atoms with Gasteiger partial charge in [-0.3, -0.25) is 4.79 Å². The molecule has 2 rings (SSSR count). The number of thiazole rings is 1. The number of rotatable bonds is 7. The topological polar surface area (TPSA) is 42.0 Å². The Balaban J connectivity index is 1.70. The number of nitrogens with zero attached hydrogens (tertiary/aromatic N) is 1. The molecule has 0 bridgehead atoms. The number of aromatic nitrogens is 1. The molecule has 6 heteroatoms. The van der Waals surface area contributed by atoms with Gasteiger partial charge in [0.2, 0.25) is 5.91 Å². The van der Waals surface area contributed by atoms with Crippen LogP contribution >= 0.6 is 23.1 Å². The molecular weight excluding hydrogens is 331 g/mol. The first-order chi connectivity index (χ1) is 11.0. The molecule has 124 valence electrons. The first kappa shape index (κ1) is 17.9. The Morgan fingerprint density at radius 3 is 2.65 bits per heavy atom. The minimum atomic E-state index is -0.223. The third-order valence-corrected chi connectivity index (χ3v) is 5.31. The Bertz CT molecular complexity index is 655. The summed E-state index contributed by atoms with van der Waals surface area (Å²) in [5.74, 6) is 1.34. The highest BCUT2D eigenvalue weighted by atomic mass is 32.2. The van der Waals surface area contributed by atoms with Crippen LogP contribution in [0.5, 0.6) is 0 Å². The maximum atomic E-state index is 12.8. The van der Waals surface area contributed by atoms with Gasteiger partial charge in [-0.25, -0.2) is 9.37 Å². The molecule has 1 amide bonds. The number of thioether (sulfide) groups is 1. The molecule has 1 unspecified atom stereocenters. The number of benzene rings is 1. The fourth-order valence-corrected chi connectivity index (χ4v) is 4.08. The van der Waals surface area contributed by atoms with Crippen molar-refractivity contribution in [1.29, 1.82) is 0 Å². The van der Waals surface area contributed by atoms with Crippen LogP contribution in [-0.4, -0.2) is 16.6 Å².